The monoisotopic (exact) mass is 320 g/mol. The molecule has 4 heteroatoms. The van der Waals surface area contributed by atoms with Crippen LogP contribution in [0.4, 0.5) is 4.79 Å². The van der Waals surface area contributed by atoms with E-state index in [0.29, 0.717) is 19.1 Å². The summed E-state index contributed by atoms with van der Waals surface area (Å²) >= 11 is 0. The number of hydrogen-bond donors (Lipinski definition) is 0. The van der Waals surface area contributed by atoms with Crippen molar-refractivity contribution >= 4 is 6.16 Å². The standard InChI is InChI=1S/C19H28O4/c1-3-21-18(20)23-19(15-22-19)14-8-10-16(2)9-7-13-17-11-5-4-6-12-17/h4-6,11-12,16H,3,7-10,13-15H2,1-2H3. The van der Waals surface area contributed by atoms with Gasteiger partial charge in [-0.05, 0) is 37.7 Å². The van der Waals surface area contributed by atoms with Gasteiger partial charge in [-0.2, -0.15) is 0 Å². The van der Waals surface area contributed by atoms with Crippen molar-refractivity contribution < 1.29 is 19.0 Å². The van der Waals surface area contributed by atoms with Gasteiger partial charge >= 0.3 is 6.16 Å². The summed E-state index contributed by atoms with van der Waals surface area (Å²) in [4.78, 5) is 11.3. The highest BCUT2D eigenvalue weighted by Gasteiger charge is 2.49. The number of ether oxygens (including phenoxy) is 3. The van der Waals surface area contributed by atoms with Gasteiger partial charge < -0.3 is 14.2 Å². The summed E-state index contributed by atoms with van der Waals surface area (Å²) < 4.78 is 15.3. The van der Waals surface area contributed by atoms with E-state index in [1.165, 1.54) is 18.4 Å². The Balaban J connectivity index is 1.56. The Bertz CT molecular complexity index is 468. The molecule has 1 saturated heterocycles. The predicted molar refractivity (Wildman–Crippen MR) is 89.2 cm³/mol. The third-order valence-electron chi connectivity index (χ3n) is 4.26. The zero-order valence-corrected chi connectivity index (χ0v) is 14.3. The molecule has 2 rings (SSSR count). The van der Waals surface area contributed by atoms with Crippen molar-refractivity contribution in [3.8, 4) is 0 Å². The molecule has 0 spiro atoms. The molecule has 0 bridgehead atoms. The van der Waals surface area contributed by atoms with E-state index in [4.69, 9.17) is 14.2 Å². The number of rotatable bonds is 10. The molecular formula is C19H28O4. The summed E-state index contributed by atoms with van der Waals surface area (Å²) in [6.45, 7) is 4.87. The molecule has 128 valence electrons. The second-order valence-electron chi connectivity index (χ2n) is 6.36. The van der Waals surface area contributed by atoms with Crippen LogP contribution in [0, 0.1) is 5.92 Å². The SMILES string of the molecule is CCOC(=O)OC1(CCCC(C)CCCc2ccccc2)CO1. The maximum atomic E-state index is 11.3. The summed E-state index contributed by atoms with van der Waals surface area (Å²) in [5.41, 5.74) is 1.41. The molecule has 1 aliphatic rings. The van der Waals surface area contributed by atoms with Crippen LogP contribution in [0.5, 0.6) is 0 Å². The molecule has 1 aromatic carbocycles. The van der Waals surface area contributed by atoms with Crippen LogP contribution in [0.15, 0.2) is 30.3 Å². The first-order valence-electron chi connectivity index (χ1n) is 8.67. The Morgan fingerprint density at radius 2 is 1.96 bits per heavy atom. The minimum absolute atomic E-state index is 0.327. The fourth-order valence-corrected chi connectivity index (χ4v) is 2.80. The van der Waals surface area contributed by atoms with Crippen molar-refractivity contribution in [3.05, 3.63) is 35.9 Å². The van der Waals surface area contributed by atoms with E-state index in [9.17, 15) is 4.79 Å². The van der Waals surface area contributed by atoms with Gasteiger partial charge in [-0.3, -0.25) is 0 Å². The Morgan fingerprint density at radius 1 is 1.26 bits per heavy atom. The van der Waals surface area contributed by atoms with Gasteiger partial charge in [0.15, 0.2) is 0 Å². The van der Waals surface area contributed by atoms with Crippen LogP contribution < -0.4 is 0 Å². The van der Waals surface area contributed by atoms with Crippen molar-refractivity contribution in [2.75, 3.05) is 13.2 Å². The van der Waals surface area contributed by atoms with Gasteiger partial charge in [0.2, 0.25) is 5.79 Å². The minimum atomic E-state index is -0.698. The van der Waals surface area contributed by atoms with E-state index in [1.54, 1.807) is 6.92 Å². The molecule has 0 radical (unpaired) electrons. The first-order valence-corrected chi connectivity index (χ1v) is 8.67. The molecule has 1 heterocycles. The summed E-state index contributed by atoms with van der Waals surface area (Å²) in [6.07, 6.45) is 5.85. The highest BCUT2D eigenvalue weighted by Crippen LogP contribution is 2.35. The largest absolute Gasteiger partial charge is 0.510 e. The van der Waals surface area contributed by atoms with E-state index in [2.05, 4.69) is 37.3 Å². The quantitative estimate of drug-likeness (QED) is 0.462. The Morgan fingerprint density at radius 3 is 2.61 bits per heavy atom. The van der Waals surface area contributed by atoms with Gasteiger partial charge in [-0.1, -0.05) is 50.1 Å². The average molecular weight is 320 g/mol. The van der Waals surface area contributed by atoms with Crippen LogP contribution in [0.2, 0.25) is 0 Å². The molecule has 0 aromatic heterocycles. The van der Waals surface area contributed by atoms with Crippen molar-refractivity contribution in [2.24, 2.45) is 5.92 Å². The zero-order valence-electron chi connectivity index (χ0n) is 14.3. The normalized spacial score (nSPS) is 20.8. The smallest absolute Gasteiger partial charge is 0.435 e. The van der Waals surface area contributed by atoms with E-state index in [0.717, 1.165) is 25.7 Å². The van der Waals surface area contributed by atoms with Crippen LogP contribution in [0.1, 0.15) is 51.5 Å². The summed E-state index contributed by atoms with van der Waals surface area (Å²) in [6, 6.07) is 10.6. The number of hydrogen-bond acceptors (Lipinski definition) is 4. The lowest BCUT2D eigenvalue weighted by molar-refractivity contribution is -0.0384. The summed E-state index contributed by atoms with van der Waals surface area (Å²) in [5.74, 6) is -0.0205. The van der Waals surface area contributed by atoms with Crippen LogP contribution in [0.25, 0.3) is 0 Å². The fourth-order valence-electron chi connectivity index (χ4n) is 2.80. The number of carbonyl (C=O) groups is 1. The van der Waals surface area contributed by atoms with Gasteiger partial charge in [-0.25, -0.2) is 4.79 Å². The van der Waals surface area contributed by atoms with Crippen LogP contribution in [-0.2, 0) is 20.6 Å². The molecule has 0 aliphatic carbocycles. The third kappa shape index (κ3) is 6.61. The molecule has 1 fully saturated rings. The van der Waals surface area contributed by atoms with Crippen molar-refractivity contribution in [1.82, 2.24) is 0 Å². The first kappa shape index (κ1) is 17.8. The lowest BCUT2D eigenvalue weighted by atomic mass is 9.95. The lowest BCUT2D eigenvalue weighted by Gasteiger charge is -2.15. The Hall–Kier alpha value is -1.55. The van der Waals surface area contributed by atoms with Crippen molar-refractivity contribution in [2.45, 2.75) is 58.2 Å². The fraction of sp³-hybridized carbons (Fsp3) is 0.632. The van der Waals surface area contributed by atoms with Gasteiger partial charge in [0.25, 0.3) is 0 Å². The van der Waals surface area contributed by atoms with Crippen molar-refractivity contribution in [1.29, 1.82) is 0 Å². The second kappa shape index (κ2) is 8.92. The minimum Gasteiger partial charge on any atom is -0.435 e. The second-order valence-corrected chi connectivity index (χ2v) is 6.36. The maximum absolute atomic E-state index is 11.3. The molecule has 23 heavy (non-hydrogen) atoms. The zero-order chi connectivity index (χ0) is 16.5. The number of aryl methyl sites for hydroxylation is 1. The number of epoxide rings is 1. The number of benzene rings is 1. The molecule has 0 N–H and O–H groups in total. The summed E-state index contributed by atoms with van der Waals surface area (Å²) in [5, 5.41) is 0. The number of carbonyl (C=O) groups excluding carboxylic acids is 1. The molecule has 0 saturated carbocycles. The highest BCUT2D eigenvalue weighted by molar-refractivity contribution is 5.60. The van der Waals surface area contributed by atoms with Gasteiger partial charge in [-0.15, -0.1) is 0 Å². The molecule has 1 aromatic rings. The van der Waals surface area contributed by atoms with Gasteiger partial charge in [0.05, 0.1) is 6.61 Å². The first-order chi connectivity index (χ1) is 11.1. The summed E-state index contributed by atoms with van der Waals surface area (Å²) in [7, 11) is 0. The van der Waals surface area contributed by atoms with Gasteiger partial charge in [0, 0.05) is 6.42 Å². The van der Waals surface area contributed by atoms with E-state index < -0.39 is 11.9 Å². The topological polar surface area (TPSA) is 48.1 Å². The molecule has 1 aliphatic heterocycles. The average Bonchev–Trinajstić information content (AvgIpc) is 3.28. The lowest BCUT2D eigenvalue weighted by Crippen LogP contribution is -2.22. The predicted octanol–water partition coefficient (Wildman–Crippen LogP) is 4.72. The molecular weight excluding hydrogens is 292 g/mol. The maximum Gasteiger partial charge on any atom is 0.510 e. The van der Waals surface area contributed by atoms with Crippen molar-refractivity contribution in [3.63, 3.8) is 0 Å². The molecule has 4 nitrogen and oxygen atoms in total. The van der Waals surface area contributed by atoms with E-state index in [-0.39, 0.29) is 0 Å². The Kier molecular flexibility index (Phi) is 6.90. The molecule has 2 unspecified atom stereocenters. The van der Waals surface area contributed by atoms with Crippen LogP contribution in [-0.4, -0.2) is 25.2 Å². The Labute approximate surface area is 139 Å². The van der Waals surface area contributed by atoms with Crippen LogP contribution in [0.3, 0.4) is 0 Å². The van der Waals surface area contributed by atoms with E-state index in [1.807, 2.05) is 0 Å². The molecule has 0 amide bonds. The highest BCUT2D eigenvalue weighted by atomic mass is 16.8. The molecule has 2 atom stereocenters. The third-order valence-corrected chi connectivity index (χ3v) is 4.26. The van der Waals surface area contributed by atoms with Gasteiger partial charge in [0.1, 0.15) is 6.61 Å². The van der Waals surface area contributed by atoms with E-state index >= 15 is 0 Å². The van der Waals surface area contributed by atoms with Crippen LogP contribution >= 0.6 is 0 Å².